The minimum Gasteiger partial charge on any atom is -0.392 e. The van der Waals surface area contributed by atoms with Gasteiger partial charge in [-0.3, -0.25) is 0 Å². The lowest BCUT2D eigenvalue weighted by Gasteiger charge is -2.33. The fourth-order valence-corrected chi connectivity index (χ4v) is 9.69. The van der Waals surface area contributed by atoms with Crippen molar-refractivity contribution >= 4 is 11.0 Å². The molecule has 1 unspecified atom stereocenters. The molecule has 5 heterocycles. The van der Waals surface area contributed by atoms with E-state index in [4.69, 9.17) is 17.1 Å². The van der Waals surface area contributed by atoms with E-state index in [1.165, 1.54) is 5.56 Å². The molecule has 0 radical (unpaired) electrons. The molecule has 8 aromatic rings. The molecule has 1 atom stereocenters. The Hall–Kier alpha value is -6.26. The third-order valence-corrected chi connectivity index (χ3v) is 12.4. The molecule has 3 aliphatic heterocycles. The monoisotopic (exact) mass is 782 g/mol. The van der Waals surface area contributed by atoms with E-state index in [9.17, 15) is 5.48 Å². The Morgan fingerprint density at radius 2 is 1.47 bits per heavy atom. The summed E-state index contributed by atoms with van der Waals surface area (Å²) in [7, 11) is 0. The Morgan fingerprint density at radius 3 is 2.22 bits per heavy atom. The molecule has 4 nitrogen and oxygen atoms in total. The molecule has 59 heavy (non-hydrogen) atoms. The van der Waals surface area contributed by atoms with Crippen molar-refractivity contribution in [1.29, 1.82) is 0 Å². The number of hydrogen-bond donors (Lipinski definition) is 0. The number of rotatable bonds is 4. The smallest absolute Gasteiger partial charge is 0.392 e. The summed E-state index contributed by atoms with van der Waals surface area (Å²) in [5, 5.41) is 0. The van der Waals surface area contributed by atoms with Crippen LogP contribution in [0.15, 0.2) is 133 Å². The maximum absolute atomic E-state index is 9.38. The van der Waals surface area contributed by atoms with E-state index in [1.54, 1.807) is 18.3 Å². The first-order valence-electron chi connectivity index (χ1n) is 26.7. The van der Waals surface area contributed by atoms with Crippen LogP contribution in [0.4, 0.5) is 0 Å². The third kappa shape index (κ3) is 4.95. The minimum absolute atomic E-state index is 0.205. The van der Waals surface area contributed by atoms with Crippen LogP contribution in [0.2, 0.25) is 0 Å². The molecule has 0 N–H and O–H groups in total. The van der Waals surface area contributed by atoms with Crippen LogP contribution in [0.3, 0.4) is 0 Å². The normalized spacial score (nSPS) is 19.7. The molecule has 0 bridgehead atoms. The van der Waals surface area contributed by atoms with E-state index in [2.05, 4.69) is 129 Å². The van der Waals surface area contributed by atoms with Gasteiger partial charge in [-0.25, -0.2) is 0 Å². The second-order valence-electron chi connectivity index (χ2n) is 17.3. The molecule has 6 aromatic carbocycles. The Morgan fingerprint density at radius 1 is 0.695 bits per heavy atom. The average Bonchev–Trinajstić information content (AvgIpc) is 3.80. The fourth-order valence-electron chi connectivity index (χ4n) is 9.69. The number of pyridine rings is 1. The quantitative estimate of drug-likeness (QED) is 0.163. The maximum atomic E-state index is 9.38. The Balaban J connectivity index is 1.24. The lowest BCUT2D eigenvalue weighted by molar-refractivity contribution is -0.997. The molecule has 4 heteroatoms. The molecule has 0 fully saturated rings. The highest BCUT2D eigenvalue weighted by Gasteiger charge is 2.68. The van der Waals surface area contributed by atoms with Gasteiger partial charge in [-0.15, -0.1) is 9.13 Å². The molecular formula is C55H51N3O+2. The predicted octanol–water partition coefficient (Wildman–Crippen LogP) is 12.5. The van der Waals surface area contributed by atoms with E-state index >= 15 is 0 Å². The second kappa shape index (κ2) is 12.1. The zero-order valence-corrected chi connectivity index (χ0v) is 33.8. The van der Waals surface area contributed by atoms with Crippen LogP contribution in [0, 0.1) is 13.8 Å². The number of ether oxygens (including phenoxy) is 1. The van der Waals surface area contributed by atoms with Crippen molar-refractivity contribution in [2.45, 2.75) is 85.2 Å². The first kappa shape index (κ1) is 24.6. The van der Waals surface area contributed by atoms with Crippen molar-refractivity contribution in [2.24, 2.45) is 0 Å². The molecule has 0 saturated carbocycles. The number of imidazole rings is 1. The second-order valence-corrected chi connectivity index (χ2v) is 17.3. The van der Waals surface area contributed by atoms with Gasteiger partial charge in [0, 0.05) is 35.6 Å². The van der Waals surface area contributed by atoms with Gasteiger partial charge in [0.2, 0.25) is 5.69 Å². The van der Waals surface area contributed by atoms with E-state index < -0.39 is 61.6 Å². The summed E-state index contributed by atoms with van der Waals surface area (Å²) in [6.45, 7) is 1.31. The van der Waals surface area contributed by atoms with Gasteiger partial charge in [-0.05, 0) is 130 Å². The number of aromatic nitrogens is 3. The number of hydrogen-bond acceptors (Lipinski definition) is 1. The van der Waals surface area contributed by atoms with Gasteiger partial charge in [-0.1, -0.05) is 115 Å². The number of para-hydroxylation sites is 1. The van der Waals surface area contributed by atoms with Gasteiger partial charge in [0.15, 0.2) is 23.0 Å². The summed E-state index contributed by atoms with van der Waals surface area (Å²) >= 11 is 0. The maximum Gasteiger partial charge on any atom is 0.499 e. The van der Waals surface area contributed by atoms with Crippen molar-refractivity contribution in [1.82, 2.24) is 4.57 Å². The van der Waals surface area contributed by atoms with Gasteiger partial charge >= 0.3 is 11.7 Å². The Kier molecular flexibility index (Phi) is 5.07. The molecular weight excluding hydrogens is 719 g/mol. The van der Waals surface area contributed by atoms with Crippen molar-refractivity contribution in [2.75, 3.05) is 0 Å². The van der Waals surface area contributed by atoms with Gasteiger partial charge in [0.1, 0.15) is 16.8 Å². The zero-order valence-electron chi connectivity index (χ0n) is 46.8. The summed E-state index contributed by atoms with van der Waals surface area (Å²) in [6, 6.07) is 31.8. The Bertz CT molecular complexity index is 3610. The van der Waals surface area contributed by atoms with Crippen LogP contribution in [0.1, 0.15) is 99.5 Å². The lowest BCUT2D eigenvalue weighted by atomic mass is 9.80. The topological polar surface area (TPSA) is 21.9 Å². The van der Waals surface area contributed by atoms with Gasteiger partial charge in [0.25, 0.3) is 0 Å². The van der Waals surface area contributed by atoms with E-state index in [1.807, 2.05) is 17.6 Å². The van der Waals surface area contributed by atoms with Crippen LogP contribution in [-0.4, -0.2) is 4.57 Å². The van der Waals surface area contributed by atoms with E-state index in [0.29, 0.717) is 11.4 Å². The SMILES string of the molecule is [2H]c1c([2H])c(C(C([2H])([2H])[2H])(C([2H])([2H])[2H])C([2H])([2H])[2H])c([2H])c([2H])c1-c1cc[n+]2c(c1)-c1cc(C(C)(C)C)cc3c1C21Oc2c(C)cc(C)cc2-c2n(-c4ccc(-c5ccccc5)c(CC)c4)c4cccc-3c4[n+]21. The number of nitrogens with zero attached hydrogens (tertiary/aromatic N) is 3. The molecule has 1 spiro atoms. The van der Waals surface area contributed by atoms with E-state index in [0.717, 1.165) is 84.6 Å². The average molecular weight is 783 g/mol. The van der Waals surface area contributed by atoms with Crippen molar-refractivity contribution in [3.05, 3.63) is 167 Å². The summed E-state index contributed by atoms with van der Waals surface area (Å²) in [5.74, 6) is 0.170. The van der Waals surface area contributed by atoms with Crippen molar-refractivity contribution in [3.63, 3.8) is 0 Å². The Labute approximate surface area is 366 Å². The number of benzene rings is 6. The highest BCUT2D eigenvalue weighted by atomic mass is 16.5. The summed E-state index contributed by atoms with van der Waals surface area (Å²) in [5.41, 5.74) is 9.06. The minimum atomic E-state index is -3.80. The van der Waals surface area contributed by atoms with Crippen LogP contribution in [-0.2, 0) is 23.1 Å². The van der Waals surface area contributed by atoms with Crippen molar-refractivity contribution in [3.8, 4) is 67.5 Å². The first-order valence-corrected chi connectivity index (χ1v) is 20.2. The molecule has 0 saturated heterocycles. The van der Waals surface area contributed by atoms with Gasteiger partial charge < -0.3 is 4.74 Å². The standard InChI is InChI=1S/C55H51N3O/c1-10-35-29-41(23-24-42(35)37-15-12-11-13-16-37)57-47-18-14-17-43-44-31-40(54(7,8)9)32-45-48-30-38(36-19-21-39(22-20-36)53(4,5)6)25-26-56(48)55(49(44)45)58(50(43)47)52(57)46-28-33(2)27-34(3)51(46)59-55/h11-32H,10H2,1-9H3/q+2/i4D3,5D3,6D3,19D,20D,21D,22D. The van der Waals surface area contributed by atoms with Crippen LogP contribution >= 0.6 is 0 Å². The van der Waals surface area contributed by atoms with Gasteiger partial charge in [-0.2, -0.15) is 4.57 Å². The molecule has 2 aromatic heterocycles. The van der Waals surface area contributed by atoms with Crippen LogP contribution in [0.5, 0.6) is 5.75 Å². The molecule has 3 aliphatic rings. The highest BCUT2D eigenvalue weighted by molar-refractivity contribution is 5.98. The summed E-state index contributed by atoms with van der Waals surface area (Å²) < 4.78 is 127. The van der Waals surface area contributed by atoms with Crippen LogP contribution in [0.25, 0.3) is 72.7 Å². The van der Waals surface area contributed by atoms with Crippen LogP contribution < -0.4 is 13.9 Å². The lowest BCUT2D eigenvalue weighted by Crippen LogP contribution is -2.78. The van der Waals surface area contributed by atoms with E-state index in [-0.39, 0.29) is 16.5 Å². The predicted molar refractivity (Wildman–Crippen MR) is 240 cm³/mol. The number of fused-ring (bicyclic) bond motifs is 5. The van der Waals surface area contributed by atoms with Crippen molar-refractivity contribution < 1.29 is 31.7 Å². The molecule has 11 rings (SSSR count). The third-order valence-electron chi connectivity index (χ3n) is 12.4. The fraction of sp³-hybridized carbons (Fsp3) is 0.236. The zero-order chi connectivity index (χ0) is 51.7. The first-order chi connectivity index (χ1) is 33.7. The summed E-state index contributed by atoms with van der Waals surface area (Å²) in [4.78, 5) is 0. The molecule has 290 valence electrons. The molecule has 0 aliphatic carbocycles. The number of aryl methyl sites for hydroxylation is 3. The largest absolute Gasteiger partial charge is 0.499 e. The highest BCUT2D eigenvalue weighted by Crippen LogP contribution is 2.55. The van der Waals surface area contributed by atoms with Gasteiger partial charge in [0.05, 0.1) is 11.0 Å². The summed E-state index contributed by atoms with van der Waals surface area (Å²) in [6.07, 6.45) is 2.59. The molecule has 0 amide bonds.